The molecule has 1 aliphatic rings. The summed E-state index contributed by atoms with van der Waals surface area (Å²) in [6, 6.07) is 9.95. The Hall–Kier alpha value is -2.18. The zero-order valence-corrected chi connectivity index (χ0v) is 16.6. The van der Waals surface area contributed by atoms with Crippen LogP contribution >= 0.6 is 12.4 Å². The molecule has 1 amide bonds. The van der Waals surface area contributed by atoms with Crippen LogP contribution in [0.15, 0.2) is 42.7 Å². The number of aromatic nitrogens is 2. The van der Waals surface area contributed by atoms with E-state index in [0.29, 0.717) is 19.1 Å². The number of nitrogens with two attached hydrogens (primary N) is 1. The number of halogens is 1. The van der Waals surface area contributed by atoms with Crippen molar-refractivity contribution in [1.82, 2.24) is 14.9 Å². The van der Waals surface area contributed by atoms with Crippen molar-refractivity contribution in [1.29, 1.82) is 0 Å². The number of amides is 1. The molecule has 6 nitrogen and oxygen atoms in total. The summed E-state index contributed by atoms with van der Waals surface area (Å²) in [6.07, 6.45) is 5.10. The quantitative estimate of drug-likeness (QED) is 0.848. The summed E-state index contributed by atoms with van der Waals surface area (Å²) in [5.74, 6) is 0.176. The third kappa shape index (κ3) is 5.40. The van der Waals surface area contributed by atoms with Crippen LogP contribution < -0.4 is 10.5 Å². The number of hydrogen-bond acceptors (Lipinski definition) is 5. The van der Waals surface area contributed by atoms with E-state index < -0.39 is 6.04 Å². The molecule has 3 rings (SSSR count). The average Bonchev–Trinajstić information content (AvgIpc) is 2.68. The lowest BCUT2D eigenvalue weighted by Gasteiger charge is -2.33. The van der Waals surface area contributed by atoms with Gasteiger partial charge in [0.05, 0.1) is 6.04 Å². The van der Waals surface area contributed by atoms with E-state index >= 15 is 0 Å². The van der Waals surface area contributed by atoms with Crippen LogP contribution in [0.2, 0.25) is 0 Å². The molecule has 2 N–H and O–H groups in total. The number of carbonyl (C=O) groups excluding carboxylic acids is 1. The molecule has 0 radical (unpaired) electrons. The van der Waals surface area contributed by atoms with Gasteiger partial charge in [-0.25, -0.2) is 9.97 Å². The summed E-state index contributed by atoms with van der Waals surface area (Å²) in [5.41, 5.74) is 8.00. The van der Waals surface area contributed by atoms with Gasteiger partial charge >= 0.3 is 6.01 Å². The van der Waals surface area contributed by atoms with E-state index in [-0.39, 0.29) is 30.3 Å². The van der Waals surface area contributed by atoms with Crippen molar-refractivity contribution in [2.45, 2.75) is 38.8 Å². The molecule has 0 aliphatic carbocycles. The van der Waals surface area contributed by atoms with Crippen LogP contribution in [0.4, 0.5) is 0 Å². The summed E-state index contributed by atoms with van der Waals surface area (Å²) in [6.45, 7) is 5.25. The Bertz CT molecular complexity index is 717. The molecule has 0 spiro atoms. The van der Waals surface area contributed by atoms with E-state index in [1.165, 1.54) is 0 Å². The van der Waals surface area contributed by atoms with Crippen molar-refractivity contribution in [3.63, 3.8) is 0 Å². The van der Waals surface area contributed by atoms with Gasteiger partial charge in [-0.3, -0.25) is 4.79 Å². The van der Waals surface area contributed by atoms with Crippen molar-refractivity contribution in [2.75, 3.05) is 13.1 Å². The first-order valence-corrected chi connectivity index (χ1v) is 9.13. The van der Waals surface area contributed by atoms with E-state index in [1.807, 2.05) is 49.1 Å². The maximum atomic E-state index is 12.3. The fourth-order valence-corrected chi connectivity index (χ4v) is 3.00. The number of nitrogens with zero attached hydrogens (tertiary/aromatic N) is 3. The summed E-state index contributed by atoms with van der Waals surface area (Å²) in [7, 11) is 0. The second kappa shape index (κ2) is 9.67. The first kappa shape index (κ1) is 21.1. The highest BCUT2D eigenvalue weighted by Gasteiger charge is 2.28. The standard InChI is InChI=1S/C20H26N4O2.ClH/c1-14(2)18(21)19(25)24-10-8-17(9-11-24)26-20-22-12-16(13-23-20)15-6-4-3-5-7-15;/h3-7,12-14,17-18H,8-11,21H2,1-2H3;1H/t18-;/m0./s1. The molecule has 2 aromatic rings. The van der Waals surface area contributed by atoms with E-state index in [1.54, 1.807) is 12.4 Å². The summed E-state index contributed by atoms with van der Waals surface area (Å²) >= 11 is 0. The summed E-state index contributed by atoms with van der Waals surface area (Å²) in [5, 5.41) is 0. The highest BCUT2D eigenvalue weighted by Crippen LogP contribution is 2.20. The van der Waals surface area contributed by atoms with Crippen molar-refractivity contribution in [3.8, 4) is 17.1 Å². The van der Waals surface area contributed by atoms with E-state index in [4.69, 9.17) is 10.5 Å². The van der Waals surface area contributed by atoms with Gasteiger partial charge in [0.2, 0.25) is 5.91 Å². The molecule has 1 aliphatic heterocycles. The Morgan fingerprint density at radius 3 is 2.26 bits per heavy atom. The van der Waals surface area contributed by atoms with Crippen LogP contribution in [0.25, 0.3) is 11.1 Å². The molecule has 0 bridgehead atoms. The smallest absolute Gasteiger partial charge is 0.316 e. The second-order valence-electron chi connectivity index (χ2n) is 7.03. The number of likely N-dealkylation sites (tertiary alicyclic amines) is 1. The van der Waals surface area contributed by atoms with Gasteiger partial charge in [0.25, 0.3) is 0 Å². The Morgan fingerprint density at radius 1 is 1.11 bits per heavy atom. The minimum Gasteiger partial charge on any atom is -0.460 e. The molecule has 2 heterocycles. The first-order chi connectivity index (χ1) is 12.5. The Labute approximate surface area is 166 Å². The number of benzene rings is 1. The molecule has 0 saturated carbocycles. The fraction of sp³-hybridized carbons (Fsp3) is 0.450. The van der Waals surface area contributed by atoms with Crippen molar-refractivity contribution < 1.29 is 9.53 Å². The number of hydrogen-bond donors (Lipinski definition) is 1. The van der Waals surface area contributed by atoms with Crippen LogP contribution in [-0.4, -0.2) is 46.0 Å². The molecule has 146 valence electrons. The fourth-order valence-electron chi connectivity index (χ4n) is 3.00. The van der Waals surface area contributed by atoms with Crippen LogP contribution in [0, 0.1) is 5.92 Å². The summed E-state index contributed by atoms with van der Waals surface area (Å²) in [4.78, 5) is 22.8. The van der Waals surface area contributed by atoms with Crippen molar-refractivity contribution in [3.05, 3.63) is 42.7 Å². The van der Waals surface area contributed by atoms with E-state index in [0.717, 1.165) is 24.0 Å². The molecular formula is C20H27ClN4O2. The number of piperidine rings is 1. The predicted octanol–water partition coefficient (Wildman–Crippen LogP) is 2.92. The lowest BCUT2D eigenvalue weighted by molar-refractivity contribution is -0.135. The Balaban J connectivity index is 0.00000261. The van der Waals surface area contributed by atoms with Crippen LogP contribution in [-0.2, 0) is 4.79 Å². The molecule has 27 heavy (non-hydrogen) atoms. The Kier molecular flexibility index (Phi) is 7.56. The molecule has 7 heteroatoms. The molecule has 1 aromatic carbocycles. The number of carbonyl (C=O) groups is 1. The average molecular weight is 391 g/mol. The van der Waals surface area contributed by atoms with Gasteiger partial charge in [-0.05, 0) is 11.5 Å². The van der Waals surface area contributed by atoms with E-state index in [2.05, 4.69) is 9.97 Å². The van der Waals surface area contributed by atoms with Gasteiger partial charge in [-0.2, -0.15) is 0 Å². The maximum absolute atomic E-state index is 12.3. The number of ether oxygens (including phenoxy) is 1. The van der Waals surface area contributed by atoms with Gasteiger partial charge in [0.15, 0.2) is 0 Å². The van der Waals surface area contributed by atoms with Crippen LogP contribution in [0.1, 0.15) is 26.7 Å². The third-order valence-corrected chi connectivity index (χ3v) is 4.76. The molecule has 1 saturated heterocycles. The summed E-state index contributed by atoms with van der Waals surface area (Å²) < 4.78 is 5.89. The number of rotatable bonds is 5. The van der Waals surface area contributed by atoms with Crippen molar-refractivity contribution in [2.24, 2.45) is 11.7 Å². The highest BCUT2D eigenvalue weighted by molar-refractivity contribution is 5.85. The minimum absolute atomic E-state index is 0. The van der Waals surface area contributed by atoms with Gasteiger partial charge in [-0.15, -0.1) is 12.4 Å². The molecular weight excluding hydrogens is 364 g/mol. The lowest BCUT2D eigenvalue weighted by atomic mass is 10.0. The predicted molar refractivity (Wildman–Crippen MR) is 108 cm³/mol. The maximum Gasteiger partial charge on any atom is 0.316 e. The first-order valence-electron chi connectivity index (χ1n) is 9.13. The van der Waals surface area contributed by atoms with Gasteiger partial charge in [0, 0.05) is 43.9 Å². The minimum atomic E-state index is -0.429. The Morgan fingerprint density at radius 2 is 1.70 bits per heavy atom. The van der Waals surface area contributed by atoms with E-state index in [9.17, 15) is 4.79 Å². The molecule has 1 atom stereocenters. The zero-order chi connectivity index (χ0) is 18.5. The lowest BCUT2D eigenvalue weighted by Crippen LogP contribution is -2.50. The third-order valence-electron chi connectivity index (χ3n) is 4.76. The highest BCUT2D eigenvalue weighted by atomic mass is 35.5. The largest absolute Gasteiger partial charge is 0.460 e. The van der Waals surface area contributed by atoms with Crippen LogP contribution in [0.3, 0.4) is 0 Å². The topological polar surface area (TPSA) is 81.3 Å². The molecule has 1 fully saturated rings. The van der Waals surface area contributed by atoms with Gasteiger partial charge < -0.3 is 15.4 Å². The second-order valence-corrected chi connectivity index (χ2v) is 7.03. The van der Waals surface area contributed by atoms with Gasteiger partial charge in [0.1, 0.15) is 6.10 Å². The van der Waals surface area contributed by atoms with Crippen LogP contribution in [0.5, 0.6) is 6.01 Å². The molecule has 1 aromatic heterocycles. The van der Waals surface area contributed by atoms with Crippen molar-refractivity contribution >= 4 is 18.3 Å². The normalized spacial score (nSPS) is 15.9. The zero-order valence-electron chi connectivity index (χ0n) is 15.7. The molecule has 0 unspecified atom stereocenters. The van der Waals surface area contributed by atoms with Gasteiger partial charge in [-0.1, -0.05) is 44.2 Å². The SMILES string of the molecule is CC(C)[C@H](N)C(=O)N1CCC(Oc2ncc(-c3ccccc3)cn2)CC1.Cl. The monoisotopic (exact) mass is 390 g/mol.